The first-order valence-corrected chi connectivity index (χ1v) is 9.41. The number of aryl methyl sites for hydroxylation is 3. The summed E-state index contributed by atoms with van der Waals surface area (Å²) in [6.45, 7) is 4.59. The molecule has 1 amide bonds. The minimum atomic E-state index is -0.297. The van der Waals surface area contributed by atoms with Crippen LogP contribution in [0.2, 0.25) is 0 Å². The van der Waals surface area contributed by atoms with Crippen molar-refractivity contribution in [2.45, 2.75) is 26.7 Å². The van der Waals surface area contributed by atoms with Crippen molar-refractivity contribution in [1.82, 2.24) is 20.0 Å². The Balaban J connectivity index is 1.43. The van der Waals surface area contributed by atoms with E-state index in [9.17, 15) is 9.18 Å². The Kier molecular flexibility index (Phi) is 6.66. The Morgan fingerprint density at radius 3 is 2.79 bits per heavy atom. The van der Waals surface area contributed by atoms with E-state index in [-0.39, 0.29) is 18.3 Å². The molecule has 3 aromatic rings. The van der Waals surface area contributed by atoms with Crippen molar-refractivity contribution in [3.05, 3.63) is 59.4 Å². The number of likely N-dealkylation sites (N-methyl/N-ethyl adjacent to an activating group) is 1. The second-order valence-corrected chi connectivity index (χ2v) is 7.09. The summed E-state index contributed by atoms with van der Waals surface area (Å²) in [7, 11) is 1.87. The lowest BCUT2D eigenvalue weighted by Gasteiger charge is -2.15. The number of carbonyl (C=O) groups excluding carboxylic acids is 1. The minimum Gasteiger partial charge on any atom is -0.339 e. The topological polar surface area (TPSA) is 84.2 Å². The standard InChI is InChI=1S/C21H24FN5O2/c1-14-6-9-18(23-12-14)24-19(28)13-27(3)10-4-5-20-25-21(26-29-20)16-8-7-15(2)17(22)11-16/h6-9,11-12H,4-5,10,13H2,1-3H3,(H,23,24,28). The lowest BCUT2D eigenvalue weighted by atomic mass is 10.1. The van der Waals surface area contributed by atoms with Crippen LogP contribution in [0.25, 0.3) is 11.4 Å². The molecule has 7 nitrogen and oxygen atoms in total. The van der Waals surface area contributed by atoms with E-state index in [0.29, 0.717) is 41.6 Å². The molecule has 0 aliphatic rings. The zero-order chi connectivity index (χ0) is 20.8. The van der Waals surface area contributed by atoms with Crippen molar-refractivity contribution < 1.29 is 13.7 Å². The maximum atomic E-state index is 13.7. The molecule has 29 heavy (non-hydrogen) atoms. The molecule has 0 unspecified atom stereocenters. The summed E-state index contributed by atoms with van der Waals surface area (Å²) in [4.78, 5) is 22.5. The van der Waals surface area contributed by atoms with Gasteiger partial charge >= 0.3 is 0 Å². The Morgan fingerprint density at radius 2 is 2.07 bits per heavy atom. The van der Waals surface area contributed by atoms with Crippen LogP contribution in [-0.2, 0) is 11.2 Å². The van der Waals surface area contributed by atoms with Crippen LogP contribution in [0.15, 0.2) is 41.1 Å². The number of nitrogens with one attached hydrogen (secondary N) is 1. The summed E-state index contributed by atoms with van der Waals surface area (Å²) in [6.07, 6.45) is 3.03. The Bertz CT molecular complexity index is 971. The first-order chi connectivity index (χ1) is 13.9. The Hall–Kier alpha value is -3.13. The number of pyridine rings is 1. The van der Waals surface area contributed by atoms with Gasteiger partial charge in [-0.25, -0.2) is 9.37 Å². The fourth-order valence-electron chi connectivity index (χ4n) is 2.75. The van der Waals surface area contributed by atoms with Crippen molar-refractivity contribution in [2.24, 2.45) is 0 Å². The van der Waals surface area contributed by atoms with E-state index in [1.807, 2.05) is 24.9 Å². The summed E-state index contributed by atoms with van der Waals surface area (Å²) >= 11 is 0. The highest BCUT2D eigenvalue weighted by atomic mass is 19.1. The molecule has 0 aliphatic heterocycles. The summed E-state index contributed by atoms with van der Waals surface area (Å²) in [6, 6.07) is 8.53. The average Bonchev–Trinajstić information content (AvgIpc) is 3.14. The molecular formula is C21H24FN5O2. The predicted octanol–water partition coefficient (Wildman–Crippen LogP) is 3.39. The van der Waals surface area contributed by atoms with Crippen LogP contribution >= 0.6 is 0 Å². The lowest BCUT2D eigenvalue weighted by Crippen LogP contribution is -2.31. The van der Waals surface area contributed by atoms with Crippen LogP contribution in [0.3, 0.4) is 0 Å². The van der Waals surface area contributed by atoms with Crippen molar-refractivity contribution in [3.8, 4) is 11.4 Å². The van der Waals surface area contributed by atoms with Gasteiger partial charge in [0, 0.05) is 18.2 Å². The van der Waals surface area contributed by atoms with E-state index in [4.69, 9.17) is 4.52 Å². The first-order valence-electron chi connectivity index (χ1n) is 9.41. The molecule has 0 spiro atoms. The number of aromatic nitrogens is 3. The van der Waals surface area contributed by atoms with E-state index >= 15 is 0 Å². The van der Waals surface area contributed by atoms with Gasteiger partial charge in [0.15, 0.2) is 0 Å². The van der Waals surface area contributed by atoms with E-state index < -0.39 is 0 Å². The zero-order valence-corrected chi connectivity index (χ0v) is 16.8. The molecule has 3 rings (SSSR count). The highest BCUT2D eigenvalue weighted by Gasteiger charge is 2.12. The van der Waals surface area contributed by atoms with Gasteiger partial charge in [0.25, 0.3) is 0 Å². The molecule has 0 bridgehead atoms. The molecule has 0 fully saturated rings. The van der Waals surface area contributed by atoms with Gasteiger partial charge in [-0.05, 0) is 57.1 Å². The van der Waals surface area contributed by atoms with Gasteiger partial charge in [0.1, 0.15) is 11.6 Å². The summed E-state index contributed by atoms with van der Waals surface area (Å²) < 4.78 is 18.9. The van der Waals surface area contributed by atoms with Crippen LogP contribution in [-0.4, -0.2) is 46.1 Å². The van der Waals surface area contributed by atoms with Gasteiger partial charge in [-0.3, -0.25) is 9.69 Å². The lowest BCUT2D eigenvalue weighted by molar-refractivity contribution is -0.117. The molecule has 8 heteroatoms. The van der Waals surface area contributed by atoms with Crippen molar-refractivity contribution in [1.29, 1.82) is 0 Å². The normalized spacial score (nSPS) is 11.1. The molecule has 0 aliphatic carbocycles. The molecule has 0 atom stereocenters. The number of anilines is 1. The molecule has 2 aromatic heterocycles. The van der Waals surface area contributed by atoms with E-state index in [1.165, 1.54) is 6.07 Å². The van der Waals surface area contributed by atoms with Crippen molar-refractivity contribution in [3.63, 3.8) is 0 Å². The maximum absolute atomic E-state index is 13.7. The van der Waals surface area contributed by atoms with Gasteiger partial charge in [0.05, 0.1) is 6.54 Å². The van der Waals surface area contributed by atoms with Gasteiger partial charge in [-0.15, -0.1) is 0 Å². The number of benzene rings is 1. The van der Waals surface area contributed by atoms with Gasteiger partial charge in [0.2, 0.25) is 17.6 Å². The molecule has 0 saturated carbocycles. The van der Waals surface area contributed by atoms with Crippen LogP contribution < -0.4 is 5.32 Å². The number of halogens is 1. The van der Waals surface area contributed by atoms with Gasteiger partial charge in [-0.1, -0.05) is 23.4 Å². The third-order valence-electron chi connectivity index (χ3n) is 4.42. The largest absolute Gasteiger partial charge is 0.339 e. The maximum Gasteiger partial charge on any atom is 0.239 e. The average molecular weight is 397 g/mol. The monoisotopic (exact) mass is 397 g/mol. The number of amides is 1. The third kappa shape index (κ3) is 5.92. The third-order valence-corrected chi connectivity index (χ3v) is 4.42. The molecule has 2 heterocycles. The van der Waals surface area contributed by atoms with Gasteiger partial charge < -0.3 is 9.84 Å². The van der Waals surface area contributed by atoms with Crippen molar-refractivity contribution >= 4 is 11.7 Å². The van der Waals surface area contributed by atoms with Crippen LogP contribution in [0, 0.1) is 19.7 Å². The highest BCUT2D eigenvalue weighted by molar-refractivity contribution is 5.91. The fourth-order valence-corrected chi connectivity index (χ4v) is 2.75. The smallest absolute Gasteiger partial charge is 0.239 e. The minimum absolute atomic E-state index is 0.120. The fraction of sp³-hybridized carbons (Fsp3) is 0.333. The molecular weight excluding hydrogens is 373 g/mol. The summed E-state index contributed by atoms with van der Waals surface area (Å²) in [5.74, 6) is 0.986. The van der Waals surface area contributed by atoms with E-state index in [2.05, 4.69) is 20.4 Å². The summed E-state index contributed by atoms with van der Waals surface area (Å²) in [5.41, 5.74) is 2.20. The van der Waals surface area contributed by atoms with E-state index in [0.717, 1.165) is 12.0 Å². The predicted molar refractivity (Wildman–Crippen MR) is 108 cm³/mol. The Labute approximate surface area is 169 Å². The number of rotatable bonds is 8. The second-order valence-electron chi connectivity index (χ2n) is 7.09. The number of nitrogens with zero attached hydrogens (tertiary/aromatic N) is 4. The number of hydrogen-bond acceptors (Lipinski definition) is 6. The van der Waals surface area contributed by atoms with Crippen LogP contribution in [0.5, 0.6) is 0 Å². The SMILES string of the molecule is Cc1ccc(NC(=O)CN(C)CCCc2nc(-c3ccc(C)c(F)c3)no2)nc1. The molecule has 1 N–H and O–H groups in total. The highest BCUT2D eigenvalue weighted by Crippen LogP contribution is 2.19. The molecule has 0 radical (unpaired) electrons. The molecule has 152 valence electrons. The molecule has 1 aromatic carbocycles. The second kappa shape index (κ2) is 9.38. The Morgan fingerprint density at radius 1 is 1.24 bits per heavy atom. The van der Waals surface area contributed by atoms with Gasteiger partial charge in [-0.2, -0.15) is 4.98 Å². The first kappa shape index (κ1) is 20.6. The molecule has 0 saturated heterocycles. The van der Waals surface area contributed by atoms with Crippen LogP contribution in [0.4, 0.5) is 10.2 Å². The van der Waals surface area contributed by atoms with E-state index in [1.54, 1.807) is 31.3 Å². The quantitative estimate of drug-likeness (QED) is 0.627. The zero-order valence-electron chi connectivity index (χ0n) is 16.8. The summed E-state index contributed by atoms with van der Waals surface area (Å²) in [5, 5.41) is 6.69. The number of hydrogen-bond donors (Lipinski definition) is 1. The number of carbonyl (C=O) groups is 1. The van der Waals surface area contributed by atoms with Crippen LogP contribution in [0.1, 0.15) is 23.4 Å². The van der Waals surface area contributed by atoms with Crippen molar-refractivity contribution in [2.75, 3.05) is 25.5 Å².